The van der Waals surface area contributed by atoms with E-state index in [9.17, 15) is 5.11 Å². The molecule has 24 heavy (non-hydrogen) atoms. The van der Waals surface area contributed by atoms with Crippen molar-refractivity contribution in [2.24, 2.45) is 28.6 Å². The fraction of sp³-hybridized carbons (Fsp3) is 0.864. The maximum absolute atomic E-state index is 10.1. The highest BCUT2D eigenvalue weighted by Gasteiger charge is 2.48. The van der Waals surface area contributed by atoms with E-state index in [1.807, 2.05) is 6.08 Å². The van der Waals surface area contributed by atoms with Crippen molar-refractivity contribution >= 4 is 0 Å². The van der Waals surface area contributed by atoms with E-state index < -0.39 is 0 Å². The third-order valence-corrected chi connectivity index (χ3v) is 8.46. The average molecular weight is 330 g/mol. The fourth-order valence-corrected chi connectivity index (χ4v) is 6.29. The van der Waals surface area contributed by atoms with Gasteiger partial charge in [0.15, 0.2) is 0 Å². The molecule has 0 bridgehead atoms. The van der Waals surface area contributed by atoms with Gasteiger partial charge in [-0.05, 0) is 86.4 Å². The molecule has 0 spiro atoms. The highest BCUT2D eigenvalue weighted by atomic mass is 16.3. The van der Waals surface area contributed by atoms with E-state index in [1.54, 1.807) is 0 Å². The van der Waals surface area contributed by atoms with Gasteiger partial charge in [0.05, 0.1) is 12.2 Å². The van der Waals surface area contributed by atoms with Crippen molar-refractivity contribution < 1.29 is 5.11 Å². The Morgan fingerprint density at radius 2 is 2.04 bits per heavy atom. The molecule has 0 aliphatic heterocycles. The van der Waals surface area contributed by atoms with Gasteiger partial charge >= 0.3 is 0 Å². The van der Waals surface area contributed by atoms with E-state index >= 15 is 0 Å². The van der Waals surface area contributed by atoms with Crippen LogP contribution in [0.4, 0.5) is 0 Å². The SMILES string of the molecule is CC1CCC(=CC#N)C1(C)CCC1CCCC2CC(O)CCC12C. The summed E-state index contributed by atoms with van der Waals surface area (Å²) in [6.07, 6.45) is 13.9. The van der Waals surface area contributed by atoms with Crippen LogP contribution in [0.2, 0.25) is 0 Å². The van der Waals surface area contributed by atoms with Gasteiger partial charge in [-0.1, -0.05) is 32.8 Å². The molecule has 1 N–H and O–H groups in total. The van der Waals surface area contributed by atoms with Crippen LogP contribution in [0.3, 0.4) is 0 Å². The monoisotopic (exact) mass is 329 g/mol. The minimum Gasteiger partial charge on any atom is -0.393 e. The van der Waals surface area contributed by atoms with E-state index in [0.29, 0.717) is 11.3 Å². The van der Waals surface area contributed by atoms with Gasteiger partial charge in [0, 0.05) is 6.08 Å². The Morgan fingerprint density at radius 1 is 1.25 bits per heavy atom. The summed E-state index contributed by atoms with van der Waals surface area (Å²) in [5.74, 6) is 2.22. The van der Waals surface area contributed by atoms with Crippen LogP contribution < -0.4 is 0 Å². The summed E-state index contributed by atoms with van der Waals surface area (Å²) in [5.41, 5.74) is 2.07. The van der Waals surface area contributed by atoms with Gasteiger partial charge in [-0.25, -0.2) is 0 Å². The molecule has 0 amide bonds. The minimum atomic E-state index is -0.0561. The van der Waals surface area contributed by atoms with Gasteiger partial charge in [-0.3, -0.25) is 0 Å². The van der Waals surface area contributed by atoms with Crippen molar-refractivity contribution in [3.05, 3.63) is 11.6 Å². The standard InChI is InChI=1S/C22H35NO/c1-16-7-8-18(11-14-23)21(16,2)12-9-17-5-4-6-19-15-20(24)10-13-22(17,19)3/h11,16-17,19-20,24H,4-10,12-13,15H2,1-3H3. The van der Waals surface area contributed by atoms with Crippen LogP contribution in [0.1, 0.15) is 85.0 Å². The Morgan fingerprint density at radius 3 is 2.79 bits per heavy atom. The summed E-state index contributed by atoms with van der Waals surface area (Å²) in [6, 6.07) is 2.29. The fourth-order valence-electron chi connectivity index (χ4n) is 6.29. The molecule has 6 atom stereocenters. The van der Waals surface area contributed by atoms with Gasteiger partial charge in [-0.2, -0.15) is 5.26 Å². The number of aliphatic hydroxyl groups excluding tert-OH is 1. The normalized spacial score (nSPS) is 47.4. The molecule has 3 rings (SSSR count). The lowest BCUT2D eigenvalue weighted by molar-refractivity contribution is -0.0518. The zero-order chi connectivity index (χ0) is 17.4. The number of hydrogen-bond donors (Lipinski definition) is 1. The Balaban J connectivity index is 1.71. The molecule has 3 saturated carbocycles. The molecule has 3 aliphatic carbocycles. The number of nitriles is 1. The molecule has 134 valence electrons. The summed E-state index contributed by atoms with van der Waals surface area (Å²) < 4.78 is 0. The zero-order valence-electron chi connectivity index (χ0n) is 15.9. The van der Waals surface area contributed by atoms with E-state index in [0.717, 1.165) is 31.1 Å². The molecule has 2 nitrogen and oxygen atoms in total. The van der Waals surface area contributed by atoms with Gasteiger partial charge in [0.2, 0.25) is 0 Å². The molecule has 3 fully saturated rings. The Hall–Kier alpha value is -0.810. The number of aliphatic hydroxyl groups is 1. The molecule has 0 aromatic carbocycles. The number of hydrogen-bond acceptors (Lipinski definition) is 2. The molecule has 0 aromatic rings. The Kier molecular flexibility index (Phi) is 5.12. The van der Waals surface area contributed by atoms with Crippen molar-refractivity contribution in [1.29, 1.82) is 5.26 Å². The topological polar surface area (TPSA) is 44.0 Å². The number of rotatable bonds is 3. The molecule has 3 aliphatic rings. The lowest BCUT2D eigenvalue weighted by atomic mass is 9.53. The second-order valence-electron chi connectivity index (χ2n) is 9.45. The smallest absolute Gasteiger partial charge is 0.0911 e. The maximum atomic E-state index is 10.1. The first-order valence-corrected chi connectivity index (χ1v) is 10.2. The van der Waals surface area contributed by atoms with Crippen molar-refractivity contribution in [3.63, 3.8) is 0 Å². The van der Waals surface area contributed by atoms with E-state index in [4.69, 9.17) is 5.26 Å². The molecular formula is C22H35NO. The Bertz CT molecular complexity index is 533. The number of nitrogens with zero attached hydrogens (tertiary/aromatic N) is 1. The van der Waals surface area contributed by atoms with Crippen molar-refractivity contribution in [2.45, 2.75) is 91.1 Å². The first kappa shape index (κ1) is 18.0. The first-order valence-electron chi connectivity index (χ1n) is 10.2. The van der Waals surface area contributed by atoms with Crippen molar-refractivity contribution in [1.82, 2.24) is 0 Å². The molecule has 6 unspecified atom stereocenters. The second-order valence-corrected chi connectivity index (χ2v) is 9.45. The van der Waals surface area contributed by atoms with E-state index in [-0.39, 0.29) is 11.5 Å². The van der Waals surface area contributed by atoms with Crippen LogP contribution in [0.25, 0.3) is 0 Å². The summed E-state index contributed by atoms with van der Waals surface area (Å²) in [7, 11) is 0. The summed E-state index contributed by atoms with van der Waals surface area (Å²) >= 11 is 0. The quantitative estimate of drug-likeness (QED) is 0.683. The summed E-state index contributed by atoms with van der Waals surface area (Å²) in [4.78, 5) is 0. The maximum Gasteiger partial charge on any atom is 0.0911 e. The highest BCUT2D eigenvalue weighted by Crippen LogP contribution is 2.57. The number of allylic oxidation sites excluding steroid dienone is 2. The van der Waals surface area contributed by atoms with Gasteiger partial charge in [-0.15, -0.1) is 0 Å². The molecule has 0 radical (unpaired) electrons. The largest absolute Gasteiger partial charge is 0.393 e. The highest BCUT2D eigenvalue weighted by molar-refractivity contribution is 5.25. The van der Waals surface area contributed by atoms with Gasteiger partial charge in [0.25, 0.3) is 0 Å². The van der Waals surface area contributed by atoms with Crippen LogP contribution in [-0.2, 0) is 0 Å². The molecule has 2 heteroatoms. The van der Waals surface area contributed by atoms with E-state index in [1.165, 1.54) is 50.5 Å². The van der Waals surface area contributed by atoms with Crippen molar-refractivity contribution in [2.75, 3.05) is 0 Å². The van der Waals surface area contributed by atoms with Crippen molar-refractivity contribution in [3.8, 4) is 6.07 Å². The number of fused-ring (bicyclic) bond motifs is 1. The third kappa shape index (κ3) is 3.05. The molecular weight excluding hydrogens is 294 g/mol. The van der Waals surface area contributed by atoms with Crippen LogP contribution in [-0.4, -0.2) is 11.2 Å². The Labute approximate surface area is 148 Å². The van der Waals surface area contributed by atoms with Crippen LogP contribution in [0, 0.1) is 39.9 Å². The van der Waals surface area contributed by atoms with Gasteiger partial charge in [0.1, 0.15) is 0 Å². The van der Waals surface area contributed by atoms with E-state index in [2.05, 4.69) is 26.8 Å². The zero-order valence-corrected chi connectivity index (χ0v) is 15.9. The predicted octanol–water partition coefficient (Wildman–Crippen LogP) is 5.62. The lowest BCUT2D eigenvalue weighted by Crippen LogP contribution is -2.44. The predicted molar refractivity (Wildman–Crippen MR) is 98.2 cm³/mol. The third-order valence-electron chi connectivity index (χ3n) is 8.46. The molecule has 0 saturated heterocycles. The summed E-state index contributed by atoms with van der Waals surface area (Å²) in [6.45, 7) is 7.29. The summed E-state index contributed by atoms with van der Waals surface area (Å²) in [5, 5.41) is 19.2. The lowest BCUT2D eigenvalue weighted by Gasteiger charge is -2.52. The minimum absolute atomic E-state index is 0.0561. The van der Waals surface area contributed by atoms with Crippen LogP contribution in [0.15, 0.2) is 11.6 Å². The van der Waals surface area contributed by atoms with Gasteiger partial charge < -0.3 is 5.11 Å². The molecule has 0 aromatic heterocycles. The second kappa shape index (κ2) is 6.83. The first-order chi connectivity index (χ1) is 11.4. The average Bonchev–Trinajstić information content (AvgIpc) is 2.83. The molecule has 0 heterocycles. The van der Waals surface area contributed by atoms with Crippen LogP contribution >= 0.6 is 0 Å². The van der Waals surface area contributed by atoms with Crippen LogP contribution in [0.5, 0.6) is 0 Å².